The topological polar surface area (TPSA) is 131 Å². The van der Waals surface area contributed by atoms with E-state index in [1.807, 2.05) is 0 Å². The molecule has 0 saturated carbocycles. The third kappa shape index (κ3) is 2.92. The van der Waals surface area contributed by atoms with Gasteiger partial charge in [0.1, 0.15) is 5.41 Å². The van der Waals surface area contributed by atoms with Crippen LogP contribution in [0.5, 0.6) is 0 Å². The number of nitro benzene ring substituents is 1. The minimum absolute atomic E-state index is 0.120. The molecule has 25 heavy (non-hydrogen) atoms. The van der Waals surface area contributed by atoms with Crippen molar-refractivity contribution in [2.45, 2.75) is 32.2 Å². The summed E-state index contributed by atoms with van der Waals surface area (Å²) >= 11 is 0. The molecule has 1 aromatic carbocycles. The molecule has 1 aliphatic heterocycles. The fraction of sp³-hybridized carbons (Fsp3) is 0.438. The number of nitrogens with zero attached hydrogens (tertiary/aromatic N) is 2. The number of nitro groups is 1. The molecule has 0 aromatic heterocycles. The van der Waals surface area contributed by atoms with Gasteiger partial charge in [-0.2, -0.15) is 5.10 Å². The average molecular weight is 349 g/mol. The first-order chi connectivity index (χ1) is 11.8. The molecule has 1 aliphatic rings. The molecule has 9 nitrogen and oxygen atoms in total. The molecular weight excluding hydrogens is 330 g/mol. The van der Waals surface area contributed by atoms with Crippen LogP contribution < -0.4 is 5.43 Å². The fourth-order valence-electron chi connectivity index (χ4n) is 3.35. The standard InChI is InChI=1S/C16H19N3O6/c1-4-16(15(21)22)9(2)17-18-13(14(20)25-3)12(16)10-6-5-7-11(8-10)19(23)24/h5-9,12,17H,4H2,1-3H3,(H,21,22). The van der Waals surface area contributed by atoms with Crippen molar-refractivity contribution in [3.63, 3.8) is 0 Å². The van der Waals surface area contributed by atoms with Gasteiger partial charge in [0.2, 0.25) is 0 Å². The summed E-state index contributed by atoms with van der Waals surface area (Å²) in [6.07, 6.45) is 0.180. The van der Waals surface area contributed by atoms with Gasteiger partial charge in [-0.05, 0) is 18.9 Å². The second kappa shape index (κ2) is 6.88. The normalized spacial score (nSPS) is 25.5. The Morgan fingerprint density at radius 3 is 2.68 bits per heavy atom. The van der Waals surface area contributed by atoms with E-state index in [9.17, 15) is 24.8 Å². The second-order valence-electron chi connectivity index (χ2n) is 5.82. The van der Waals surface area contributed by atoms with Crippen molar-refractivity contribution < 1.29 is 24.4 Å². The highest BCUT2D eigenvalue weighted by Gasteiger charge is 2.55. The maximum Gasteiger partial charge on any atom is 0.354 e. The molecule has 2 N–H and O–H groups in total. The summed E-state index contributed by atoms with van der Waals surface area (Å²) in [6.45, 7) is 3.34. The van der Waals surface area contributed by atoms with Crippen LogP contribution in [0.4, 0.5) is 5.69 Å². The number of aliphatic carboxylic acids is 1. The van der Waals surface area contributed by atoms with E-state index in [0.717, 1.165) is 0 Å². The summed E-state index contributed by atoms with van der Waals surface area (Å²) in [7, 11) is 1.17. The van der Waals surface area contributed by atoms with Gasteiger partial charge in [-0.25, -0.2) is 4.79 Å². The number of non-ortho nitro benzene ring substituents is 1. The smallest absolute Gasteiger partial charge is 0.354 e. The average Bonchev–Trinajstić information content (AvgIpc) is 2.60. The Labute approximate surface area is 143 Å². The molecule has 2 rings (SSSR count). The third-order valence-electron chi connectivity index (χ3n) is 4.73. The van der Waals surface area contributed by atoms with Gasteiger partial charge in [-0.3, -0.25) is 14.9 Å². The molecule has 1 aromatic rings. The molecule has 0 radical (unpaired) electrons. The number of carboxylic acid groups (broad SMARTS) is 1. The van der Waals surface area contributed by atoms with E-state index in [4.69, 9.17) is 4.74 Å². The number of carbonyl (C=O) groups excluding carboxylic acids is 1. The number of rotatable bonds is 5. The minimum atomic E-state index is -1.42. The van der Waals surface area contributed by atoms with Gasteiger partial charge in [0, 0.05) is 12.1 Å². The summed E-state index contributed by atoms with van der Waals surface area (Å²) in [5, 5.41) is 25.1. The largest absolute Gasteiger partial charge is 0.481 e. The van der Waals surface area contributed by atoms with E-state index in [1.54, 1.807) is 19.9 Å². The molecule has 0 saturated heterocycles. The monoisotopic (exact) mass is 349 g/mol. The van der Waals surface area contributed by atoms with Crippen LogP contribution in [0.15, 0.2) is 29.4 Å². The van der Waals surface area contributed by atoms with E-state index in [2.05, 4.69) is 10.5 Å². The van der Waals surface area contributed by atoms with Gasteiger partial charge >= 0.3 is 11.9 Å². The lowest BCUT2D eigenvalue weighted by atomic mass is 9.63. The zero-order valence-electron chi connectivity index (χ0n) is 14.1. The summed E-state index contributed by atoms with van der Waals surface area (Å²) in [4.78, 5) is 34.9. The Morgan fingerprint density at radius 1 is 1.48 bits per heavy atom. The molecule has 0 aliphatic carbocycles. The zero-order chi connectivity index (χ0) is 18.8. The summed E-state index contributed by atoms with van der Waals surface area (Å²) < 4.78 is 4.74. The number of nitrogens with one attached hydrogen (secondary N) is 1. The van der Waals surface area contributed by atoms with E-state index in [0.29, 0.717) is 5.56 Å². The van der Waals surface area contributed by atoms with Crippen LogP contribution in [-0.4, -0.2) is 40.8 Å². The second-order valence-corrected chi connectivity index (χ2v) is 5.82. The van der Waals surface area contributed by atoms with Crippen molar-refractivity contribution in [2.75, 3.05) is 7.11 Å². The van der Waals surface area contributed by atoms with Crippen LogP contribution in [0, 0.1) is 15.5 Å². The molecule has 0 bridgehead atoms. The van der Waals surface area contributed by atoms with Crippen molar-refractivity contribution in [3.05, 3.63) is 39.9 Å². The maximum absolute atomic E-state index is 12.2. The molecule has 0 spiro atoms. The Bertz CT molecular complexity index is 747. The first-order valence-corrected chi connectivity index (χ1v) is 7.68. The van der Waals surface area contributed by atoms with Crippen molar-refractivity contribution >= 4 is 23.3 Å². The highest BCUT2D eigenvalue weighted by atomic mass is 16.6. The third-order valence-corrected chi connectivity index (χ3v) is 4.73. The predicted molar refractivity (Wildman–Crippen MR) is 88.2 cm³/mol. The predicted octanol–water partition coefficient (Wildman–Crippen LogP) is 1.68. The summed E-state index contributed by atoms with van der Waals surface area (Å²) in [5.41, 5.74) is 1.28. The van der Waals surface area contributed by atoms with Crippen LogP contribution in [0.2, 0.25) is 0 Å². The number of esters is 1. The van der Waals surface area contributed by atoms with Gasteiger partial charge < -0.3 is 15.3 Å². The molecule has 134 valence electrons. The van der Waals surface area contributed by atoms with Crippen molar-refractivity contribution in [1.82, 2.24) is 5.43 Å². The fourth-order valence-corrected chi connectivity index (χ4v) is 3.35. The minimum Gasteiger partial charge on any atom is -0.481 e. The number of benzene rings is 1. The van der Waals surface area contributed by atoms with Crippen LogP contribution in [-0.2, 0) is 14.3 Å². The van der Waals surface area contributed by atoms with Crippen molar-refractivity contribution in [2.24, 2.45) is 10.5 Å². The quantitative estimate of drug-likeness (QED) is 0.469. The number of hydrogen-bond donors (Lipinski definition) is 2. The van der Waals surface area contributed by atoms with Gasteiger partial charge in [-0.15, -0.1) is 0 Å². The van der Waals surface area contributed by atoms with Crippen LogP contribution >= 0.6 is 0 Å². The zero-order valence-corrected chi connectivity index (χ0v) is 14.1. The lowest BCUT2D eigenvalue weighted by Gasteiger charge is -2.43. The van der Waals surface area contributed by atoms with E-state index < -0.39 is 34.2 Å². The van der Waals surface area contributed by atoms with Crippen LogP contribution in [0.25, 0.3) is 0 Å². The molecule has 3 atom stereocenters. The van der Waals surface area contributed by atoms with Gasteiger partial charge in [0.25, 0.3) is 5.69 Å². The number of carboxylic acids is 1. The highest BCUT2D eigenvalue weighted by molar-refractivity contribution is 6.39. The molecule has 0 amide bonds. The molecule has 3 unspecified atom stereocenters. The van der Waals surface area contributed by atoms with E-state index in [-0.39, 0.29) is 17.8 Å². The first-order valence-electron chi connectivity index (χ1n) is 7.68. The molecule has 1 heterocycles. The summed E-state index contributed by atoms with van der Waals surface area (Å²) in [6, 6.07) is 4.98. The Hall–Kier alpha value is -2.97. The van der Waals surface area contributed by atoms with Gasteiger partial charge in [0.05, 0.1) is 24.0 Å². The Kier molecular flexibility index (Phi) is 5.05. The SMILES string of the molecule is CCC1(C(=O)O)C(C)NN=C(C(=O)OC)C1c1cccc([N+](=O)[O-])c1. The molecular formula is C16H19N3O6. The van der Waals surface area contributed by atoms with E-state index in [1.165, 1.54) is 25.3 Å². The first kappa shape index (κ1) is 18.4. The maximum atomic E-state index is 12.2. The Balaban J connectivity index is 2.74. The lowest BCUT2D eigenvalue weighted by Crippen LogP contribution is -2.57. The van der Waals surface area contributed by atoms with Crippen LogP contribution in [0.3, 0.4) is 0 Å². The Morgan fingerprint density at radius 2 is 2.16 bits per heavy atom. The summed E-state index contributed by atoms with van der Waals surface area (Å²) in [5.74, 6) is -2.89. The number of ether oxygens (including phenoxy) is 1. The van der Waals surface area contributed by atoms with Crippen LogP contribution in [0.1, 0.15) is 31.7 Å². The van der Waals surface area contributed by atoms with E-state index >= 15 is 0 Å². The molecule has 0 fully saturated rings. The highest BCUT2D eigenvalue weighted by Crippen LogP contribution is 2.46. The number of carbonyl (C=O) groups is 2. The molecule has 9 heteroatoms. The van der Waals surface area contributed by atoms with Crippen molar-refractivity contribution in [1.29, 1.82) is 0 Å². The van der Waals surface area contributed by atoms with Gasteiger partial charge in [0.15, 0.2) is 5.71 Å². The number of hydrogen-bond acceptors (Lipinski definition) is 7. The number of methoxy groups -OCH3 is 1. The van der Waals surface area contributed by atoms with Gasteiger partial charge in [-0.1, -0.05) is 19.1 Å². The van der Waals surface area contributed by atoms with Crippen molar-refractivity contribution in [3.8, 4) is 0 Å². The number of hydrazone groups is 1. The lowest BCUT2D eigenvalue weighted by molar-refractivity contribution is -0.384.